The number of halogens is 4. The number of hydrogen-bond acceptors (Lipinski definition) is 4. The molecule has 10 heteroatoms. The zero-order chi connectivity index (χ0) is 20.6. The van der Waals surface area contributed by atoms with Crippen LogP contribution in [-0.2, 0) is 13.1 Å². The molecule has 1 N–H and O–H groups in total. The Bertz CT molecular complexity index is 769. The molecule has 1 aromatic carbocycles. The van der Waals surface area contributed by atoms with E-state index in [1.807, 2.05) is 36.2 Å². The summed E-state index contributed by atoms with van der Waals surface area (Å²) in [5.74, 6) is 1.40. The second-order valence-electron chi connectivity index (χ2n) is 6.01. The van der Waals surface area contributed by atoms with Gasteiger partial charge >= 0.3 is 6.18 Å². The quantitative estimate of drug-likeness (QED) is 0.339. The number of aromatic nitrogens is 1. The van der Waals surface area contributed by atoms with Crippen molar-refractivity contribution in [2.75, 3.05) is 27.8 Å². The first-order chi connectivity index (χ1) is 13.3. The zero-order valence-corrected chi connectivity index (χ0v) is 18.7. The number of methoxy groups -OCH3 is 1. The molecule has 2 aromatic rings. The summed E-state index contributed by atoms with van der Waals surface area (Å²) < 4.78 is 46.2. The van der Waals surface area contributed by atoms with Crippen LogP contribution >= 0.6 is 24.0 Å². The lowest BCUT2D eigenvalue weighted by atomic mass is 10.2. The summed E-state index contributed by atoms with van der Waals surface area (Å²) in [6.45, 7) is -0.293. The number of nitrogens with zero attached hydrogens (tertiary/aromatic N) is 3. The van der Waals surface area contributed by atoms with Crippen molar-refractivity contribution in [3.05, 3.63) is 53.7 Å². The average molecular weight is 524 g/mol. The van der Waals surface area contributed by atoms with Gasteiger partial charge in [-0.3, -0.25) is 4.99 Å². The van der Waals surface area contributed by atoms with Gasteiger partial charge in [-0.1, -0.05) is 18.2 Å². The van der Waals surface area contributed by atoms with E-state index in [1.165, 1.54) is 12.3 Å². The lowest BCUT2D eigenvalue weighted by molar-refractivity contribution is -0.154. The summed E-state index contributed by atoms with van der Waals surface area (Å²) in [6, 6.07) is 10.8. The third-order valence-electron chi connectivity index (χ3n) is 3.78. The highest BCUT2D eigenvalue weighted by atomic mass is 127. The maximum absolute atomic E-state index is 12.2. The van der Waals surface area contributed by atoms with Crippen LogP contribution in [0.1, 0.15) is 11.1 Å². The van der Waals surface area contributed by atoms with Gasteiger partial charge in [0.25, 0.3) is 0 Å². The Balaban J connectivity index is 0.00000420. The number of pyridine rings is 1. The van der Waals surface area contributed by atoms with Gasteiger partial charge in [-0.25, -0.2) is 4.98 Å². The maximum atomic E-state index is 12.2. The van der Waals surface area contributed by atoms with Gasteiger partial charge in [0, 0.05) is 39.4 Å². The SMILES string of the molecule is CN=C(NCc1ccc(OCC(F)(F)F)nc1)N(C)Cc1ccc(OC)cc1.I. The van der Waals surface area contributed by atoms with Crippen LogP contribution in [0.25, 0.3) is 0 Å². The Morgan fingerprint density at radius 3 is 2.31 bits per heavy atom. The second kappa shape index (κ2) is 11.7. The fourth-order valence-corrected chi connectivity index (χ4v) is 2.40. The minimum atomic E-state index is -4.39. The van der Waals surface area contributed by atoms with E-state index in [-0.39, 0.29) is 29.9 Å². The van der Waals surface area contributed by atoms with Crippen LogP contribution < -0.4 is 14.8 Å². The number of rotatable bonds is 7. The van der Waals surface area contributed by atoms with Gasteiger partial charge < -0.3 is 19.7 Å². The molecule has 0 spiro atoms. The molecule has 0 aliphatic rings. The molecule has 1 heterocycles. The first-order valence-corrected chi connectivity index (χ1v) is 8.50. The number of guanidine groups is 1. The predicted octanol–water partition coefficient (Wildman–Crippen LogP) is 3.86. The molecule has 0 unspecified atom stereocenters. The van der Waals surface area contributed by atoms with E-state index in [4.69, 9.17) is 4.74 Å². The molecule has 2 rings (SSSR count). The van der Waals surface area contributed by atoms with E-state index >= 15 is 0 Å². The lowest BCUT2D eigenvalue weighted by Crippen LogP contribution is -2.38. The van der Waals surface area contributed by atoms with E-state index in [0.29, 0.717) is 19.0 Å². The Morgan fingerprint density at radius 2 is 1.79 bits per heavy atom. The van der Waals surface area contributed by atoms with Crippen LogP contribution in [0.5, 0.6) is 11.6 Å². The fourth-order valence-electron chi connectivity index (χ4n) is 2.40. The Kier molecular flexibility index (Phi) is 9.99. The normalized spacial score (nSPS) is 11.4. The average Bonchev–Trinajstić information content (AvgIpc) is 2.68. The summed E-state index contributed by atoms with van der Waals surface area (Å²) in [5, 5.41) is 3.19. The molecule has 0 radical (unpaired) electrons. The van der Waals surface area contributed by atoms with E-state index in [9.17, 15) is 13.2 Å². The van der Waals surface area contributed by atoms with Crippen molar-refractivity contribution in [1.29, 1.82) is 0 Å². The number of benzene rings is 1. The highest BCUT2D eigenvalue weighted by molar-refractivity contribution is 14.0. The van der Waals surface area contributed by atoms with E-state index in [2.05, 4.69) is 20.0 Å². The van der Waals surface area contributed by atoms with Crippen molar-refractivity contribution >= 4 is 29.9 Å². The molecular formula is C19H24F3IN4O2. The molecule has 0 atom stereocenters. The lowest BCUT2D eigenvalue weighted by Gasteiger charge is -2.22. The topological polar surface area (TPSA) is 59.0 Å². The fraction of sp³-hybridized carbons (Fsp3) is 0.368. The van der Waals surface area contributed by atoms with Gasteiger partial charge in [-0.15, -0.1) is 24.0 Å². The molecule has 0 bridgehead atoms. The molecule has 0 saturated heterocycles. The van der Waals surface area contributed by atoms with Crippen molar-refractivity contribution in [3.8, 4) is 11.6 Å². The number of hydrogen-bond donors (Lipinski definition) is 1. The summed E-state index contributed by atoms with van der Waals surface area (Å²) in [4.78, 5) is 10.1. The van der Waals surface area contributed by atoms with E-state index in [0.717, 1.165) is 16.9 Å². The standard InChI is InChI=1S/C19H23F3N4O2.HI/c1-23-18(26(2)12-14-4-7-16(27-3)8-5-14)25-11-15-6-9-17(24-10-15)28-13-19(20,21)22;/h4-10H,11-13H2,1-3H3,(H,23,25);1H. The minimum absolute atomic E-state index is 0. The molecule has 0 fully saturated rings. The summed E-state index contributed by atoms with van der Waals surface area (Å²) in [6.07, 6.45) is -2.92. The van der Waals surface area contributed by atoms with Crippen LogP contribution in [0, 0.1) is 0 Å². The number of aliphatic imine (C=N–C) groups is 1. The van der Waals surface area contributed by atoms with Crippen LogP contribution in [0.2, 0.25) is 0 Å². The van der Waals surface area contributed by atoms with Gasteiger partial charge in [0.2, 0.25) is 5.88 Å². The largest absolute Gasteiger partial charge is 0.497 e. The first-order valence-electron chi connectivity index (χ1n) is 8.50. The summed E-state index contributed by atoms with van der Waals surface area (Å²) >= 11 is 0. The van der Waals surface area contributed by atoms with Crippen LogP contribution in [-0.4, -0.2) is 49.8 Å². The van der Waals surface area contributed by atoms with Crippen molar-refractivity contribution in [2.24, 2.45) is 4.99 Å². The molecule has 0 saturated carbocycles. The molecule has 0 aliphatic heterocycles. The summed E-state index contributed by atoms with van der Waals surface area (Å²) in [5.41, 5.74) is 1.89. The predicted molar refractivity (Wildman–Crippen MR) is 116 cm³/mol. The third kappa shape index (κ3) is 8.75. The Morgan fingerprint density at radius 1 is 1.14 bits per heavy atom. The van der Waals surface area contributed by atoms with Crippen molar-refractivity contribution in [3.63, 3.8) is 0 Å². The van der Waals surface area contributed by atoms with Gasteiger partial charge in [-0.05, 0) is 23.3 Å². The van der Waals surface area contributed by atoms with Gasteiger partial charge in [0.15, 0.2) is 12.6 Å². The van der Waals surface area contributed by atoms with E-state index < -0.39 is 12.8 Å². The molecule has 0 aliphatic carbocycles. The molecule has 29 heavy (non-hydrogen) atoms. The number of alkyl halides is 3. The maximum Gasteiger partial charge on any atom is 0.422 e. The summed E-state index contributed by atoms with van der Waals surface area (Å²) in [7, 11) is 5.21. The molecule has 6 nitrogen and oxygen atoms in total. The van der Waals surface area contributed by atoms with Crippen molar-refractivity contribution in [2.45, 2.75) is 19.3 Å². The Labute approximate surface area is 185 Å². The highest BCUT2D eigenvalue weighted by Crippen LogP contribution is 2.17. The molecule has 0 amide bonds. The number of ether oxygens (including phenoxy) is 2. The molecule has 160 valence electrons. The van der Waals surface area contributed by atoms with Crippen LogP contribution in [0.4, 0.5) is 13.2 Å². The first kappa shape index (κ1) is 24.8. The third-order valence-corrected chi connectivity index (χ3v) is 3.78. The number of nitrogens with one attached hydrogen (secondary N) is 1. The molecule has 1 aromatic heterocycles. The van der Waals surface area contributed by atoms with Crippen LogP contribution in [0.15, 0.2) is 47.6 Å². The van der Waals surface area contributed by atoms with Crippen LogP contribution in [0.3, 0.4) is 0 Å². The van der Waals surface area contributed by atoms with Crippen molar-refractivity contribution in [1.82, 2.24) is 15.2 Å². The monoisotopic (exact) mass is 524 g/mol. The second-order valence-corrected chi connectivity index (χ2v) is 6.01. The van der Waals surface area contributed by atoms with Gasteiger partial charge in [-0.2, -0.15) is 13.2 Å². The van der Waals surface area contributed by atoms with E-state index in [1.54, 1.807) is 20.2 Å². The molecular weight excluding hydrogens is 500 g/mol. The Hall–Kier alpha value is -2.24. The van der Waals surface area contributed by atoms with Gasteiger partial charge in [0.05, 0.1) is 7.11 Å². The van der Waals surface area contributed by atoms with Crippen molar-refractivity contribution < 1.29 is 22.6 Å². The smallest absolute Gasteiger partial charge is 0.422 e. The highest BCUT2D eigenvalue weighted by Gasteiger charge is 2.28. The van der Waals surface area contributed by atoms with Gasteiger partial charge in [0.1, 0.15) is 5.75 Å². The minimum Gasteiger partial charge on any atom is -0.497 e. The zero-order valence-electron chi connectivity index (χ0n) is 16.4.